The molecular formula is C23H22N4O4S2. The largest absolute Gasteiger partial charge is 0.354 e. The van der Waals surface area contributed by atoms with Gasteiger partial charge in [0.1, 0.15) is 11.4 Å². The van der Waals surface area contributed by atoms with Crippen LogP contribution in [0.1, 0.15) is 10.4 Å². The van der Waals surface area contributed by atoms with Crippen molar-refractivity contribution >= 4 is 37.5 Å². The Hall–Kier alpha value is -3.34. The van der Waals surface area contributed by atoms with Crippen LogP contribution in [0.25, 0.3) is 21.3 Å². The van der Waals surface area contributed by atoms with Crippen LogP contribution >= 0.6 is 11.3 Å². The molecule has 10 heteroatoms. The van der Waals surface area contributed by atoms with Crippen LogP contribution in [-0.4, -0.2) is 30.4 Å². The van der Waals surface area contributed by atoms with E-state index < -0.39 is 10.0 Å². The summed E-state index contributed by atoms with van der Waals surface area (Å²) in [6.45, 7) is 2.15. The summed E-state index contributed by atoms with van der Waals surface area (Å²) in [6.07, 6.45) is 1.91. The number of carbonyl (C=O) groups is 1. The van der Waals surface area contributed by atoms with Crippen LogP contribution in [0, 0.1) is 6.92 Å². The molecule has 3 N–H and O–H groups in total. The number of carbonyl (C=O) groups excluding carboxylic acids is 1. The van der Waals surface area contributed by atoms with Gasteiger partial charge in [0.05, 0.1) is 16.6 Å². The van der Waals surface area contributed by atoms with E-state index in [1.54, 1.807) is 12.1 Å². The summed E-state index contributed by atoms with van der Waals surface area (Å²) in [6, 6.07) is 15.8. The average molecular weight is 483 g/mol. The first-order valence-corrected chi connectivity index (χ1v) is 12.5. The maximum atomic E-state index is 13.2. The number of aromatic nitrogens is 2. The SMILES string of the molecule is Cc1sc2ncn(CC(=O)NCCc3ccc(S(N)(=O)=O)cc3)c(=O)c2c1-c1ccccc1. The molecule has 0 bridgehead atoms. The summed E-state index contributed by atoms with van der Waals surface area (Å²) in [5.41, 5.74) is 2.39. The Morgan fingerprint density at radius 1 is 1.12 bits per heavy atom. The number of thiophene rings is 1. The number of nitrogens with zero attached hydrogens (tertiary/aromatic N) is 2. The molecule has 4 rings (SSSR count). The predicted molar refractivity (Wildman–Crippen MR) is 129 cm³/mol. The number of benzene rings is 2. The summed E-state index contributed by atoms with van der Waals surface area (Å²) >= 11 is 1.46. The molecular weight excluding hydrogens is 460 g/mol. The van der Waals surface area contributed by atoms with Crippen LogP contribution in [0.3, 0.4) is 0 Å². The van der Waals surface area contributed by atoms with E-state index in [0.29, 0.717) is 23.2 Å². The number of nitrogens with two attached hydrogens (primary N) is 1. The van der Waals surface area contributed by atoms with Gasteiger partial charge in [0.2, 0.25) is 15.9 Å². The molecule has 170 valence electrons. The second-order valence-corrected chi connectivity index (χ2v) is 10.3. The molecule has 0 atom stereocenters. The molecule has 0 aliphatic carbocycles. The molecule has 0 fully saturated rings. The predicted octanol–water partition coefficient (Wildman–Crippen LogP) is 2.44. The quantitative estimate of drug-likeness (QED) is 0.419. The third-order valence-corrected chi connectivity index (χ3v) is 7.16. The summed E-state index contributed by atoms with van der Waals surface area (Å²) in [7, 11) is -3.73. The van der Waals surface area contributed by atoms with Crippen LogP contribution < -0.4 is 16.0 Å². The highest BCUT2D eigenvalue weighted by Gasteiger charge is 2.17. The highest BCUT2D eigenvalue weighted by Crippen LogP contribution is 2.35. The van der Waals surface area contributed by atoms with Gasteiger partial charge in [-0.2, -0.15) is 0 Å². The van der Waals surface area contributed by atoms with Gasteiger partial charge in [-0.15, -0.1) is 11.3 Å². The smallest absolute Gasteiger partial charge is 0.263 e. The molecule has 2 aromatic heterocycles. The second kappa shape index (κ2) is 9.26. The minimum absolute atomic E-state index is 0.0380. The summed E-state index contributed by atoms with van der Waals surface area (Å²) in [4.78, 5) is 31.7. The molecule has 0 radical (unpaired) electrons. The number of hydrogen-bond acceptors (Lipinski definition) is 6. The number of rotatable bonds is 7. The van der Waals surface area contributed by atoms with E-state index in [9.17, 15) is 18.0 Å². The van der Waals surface area contributed by atoms with Crippen molar-refractivity contribution in [2.45, 2.75) is 24.8 Å². The summed E-state index contributed by atoms with van der Waals surface area (Å²) in [5, 5.41) is 8.40. The van der Waals surface area contributed by atoms with Crippen molar-refractivity contribution in [2.24, 2.45) is 5.14 Å². The molecule has 0 saturated carbocycles. The molecule has 0 spiro atoms. The van der Waals surface area contributed by atoms with Crippen molar-refractivity contribution in [2.75, 3.05) is 6.54 Å². The number of sulfonamides is 1. The Morgan fingerprint density at radius 3 is 2.48 bits per heavy atom. The fourth-order valence-electron chi connectivity index (χ4n) is 3.61. The average Bonchev–Trinajstić information content (AvgIpc) is 3.13. The van der Waals surface area contributed by atoms with Gasteiger partial charge in [-0.25, -0.2) is 18.5 Å². The van der Waals surface area contributed by atoms with Gasteiger partial charge in [-0.1, -0.05) is 42.5 Å². The maximum Gasteiger partial charge on any atom is 0.263 e. The van der Waals surface area contributed by atoms with Crippen molar-refractivity contribution < 1.29 is 13.2 Å². The number of nitrogens with one attached hydrogen (secondary N) is 1. The van der Waals surface area contributed by atoms with Crippen molar-refractivity contribution in [1.29, 1.82) is 0 Å². The van der Waals surface area contributed by atoms with Crippen molar-refractivity contribution in [3.63, 3.8) is 0 Å². The zero-order valence-electron chi connectivity index (χ0n) is 17.8. The van der Waals surface area contributed by atoms with Crippen molar-refractivity contribution in [3.05, 3.63) is 81.7 Å². The van der Waals surface area contributed by atoms with E-state index in [1.165, 1.54) is 34.4 Å². The molecule has 1 amide bonds. The third kappa shape index (κ3) is 5.03. The van der Waals surface area contributed by atoms with E-state index in [1.807, 2.05) is 37.3 Å². The Balaban J connectivity index is 1.46. The molecule has 0 saturated heterocycles. The lowest BCUT2D eigenvalue weighted by Crippen LogP contribution is -2.33. The van der Waals surface area contributed by atoms with Crippen molar-refractivity contribution in [1.82, 2.24) is 14.9 Å². The van der Waals surface area contributed by atoms with Gasteiger partial charge in [0.25, 0.3) is 5.56 Å². The molecule has 8 nitrogen and oxygen atoms in total. The fourth-order valence-corrected chi connectivity index (χ4v) is 5.12. The van der Waals surface area contributed by atoms with E-state index in [0.717, 1.165) is 21.6 Å². The van der Waals surface area contributed by atoms with Gasteiger partial charge in [-0.05, 0) is 36.6 Å². The lowest BCUT2D eigenvalue weighted by atomic mass is 10.0. The number of aryl methyl sites for hydroxylation is 1. The Labute approximate surface area is 194 Å². The highest BCUT2D eigenvalue weighted by atomic mass is 32.2. The minimum Gasteiger partial charge on any atom is -0.354 e. The van der Waals surface area contributed by atoms with Gasteiger partial charge in [-0.3, -0.25) is 14.2 Å². The summed E-state index contributed by atoms with van der Waals surface area (Å²) in [5.74, 6) is -0.312. The first-order chi connectivity index (χ1) is 15.7. The van der Waals surface area contributed by atoms with E-state index >= 15 is 0 Å². The van der Waals surface area contributed by atoms with E-state index in [-0.39, 0.29) is 22.9 Å². The molecule has 2 aromatic carbocycles. The lowest BCUT2D eigenvalue weighted by Gasteiger charge is -2.08. The maximum absolute atomic E-state index is 13.2. The Morgan fingerprint density at radius 2 is 1.82 bits per heavy atom. The Bertz CT molecular complexity index is 1470. The molecule has 33 heavy (non-hydrogen) atoms. The number of fused-ring (bicyclic) bond motifs is 1. The molecule has 2 heterocycles. The van der Waals surface area contributed by atoms with Gasteiger partial charge in [0.15, 0.2) is 0 Å². The van der Waals surface area contributed by atoms with Gasteiger partial charge < -0.3 is 5.32 Å². The van der Waals surface area contributed by atoms with Crippen molar-refractivity contribution in [3.8, 4) is 11.1 Å². The molecule has 0 aliphatic heterocycles. The molecule has 4 aromatic rings. The van der Waals surface area contributed by atoms with Crippen LogP contribution in [0.15, 0.2) is 70.6 Å². The van der Waals surface area contributed by atoms with Gasteiger partial charge in [0, 0.05) is 17.0 Å². The monoisotopic (exact) mass is 482 g/mol. The number of amides is 1. The third-order valence-electron chi connectivity index (χ3n) is 5.22. The lowest BCUT2D eigenvalue weighted by molar-refractivity contribution is -0.121. The van der Waals surface area contributed by atoms with Gasteiger partial charge >= 0.3 is 0 Å². The summed E-state index contributed by atoms with van der Waals surface area (Å²) < 4.78 is 24.0. The van der Waals surface area contributed by atoms with E-state index in [4.69, 9.17) is 5.14 Å². The first-order valence-electron chi connectivity index (χ1n) is 10.2. The Kier molecular flexibility index (Phi) is 6.41. The number of hydrogen-bond donors (Lipinski definition) is 2. The standard InChI is InChI=1S/C23H22N4O4S2/c1-15-20(17-5-3-2-4-6-17)21-22(32-15)26-14-27(23(21)29)13-19(28)25-12-11-16-7-9-18(10-8-16)33(24,30)31/h2-10,14H,11-13H2,1H3,(H,25,28)(H2,24,30,31). The highest BCUT2D eigenvalue weighted by molar-refractivity contribution is 7.89. The number of primary sulfonamides is 1. The minimum atomic E-state index is -3.73. The molecule has 0 aliphatic rings. The zero-order chi connectivity index (χ0) is 23.6. The van der Waals surface area contributed by atoms with Crippen LogP contribution in [-0.2, 0) is 27.8 Å². The molecule has 0 unspecified atom stereocenters. The van der Waals surface area contributed by atoms with Crippen LogP contribution in [0.4, 0.5) is 0 Å². The zero-order valence-corrected chi connectivity index (χ0v) is 19.4. The second-order valence-electron chi connectivity index (χ2n) is 7.55. The normalized spacial score (nSPS) is 11.6. The van der Waals surface area contributed by atoms with Crippen LogP contribution in [0.2, 0.25) is 0 Å². The van der Waals surface area contributed by atoms with Crippen LogP contribution in [0.5, 0.6) is 0 Å². The topological polar surface area (TPSA) is 124 Å². The fraction of sp³-hybridized carbons (Fsp3) is 0.174. The first kappa shape index (κ1) is 22.8. The van der Waals surface area contributed by atoms with E-state index in [2.05, 4.69) is 10.3 Å².